The highest BCUT2D eigenvalue weighted by molar-refractivity contribution is 5.83. The second kappa shape index (κ2) is 10.6. The average Bonchev–Trinajstić information content (AvgIpc) is 3.62. The molecule has 1 atom stereocenters. The summed E-state index contributed by atoms with van der Waals surface area (Å²) in [5, 5.41) is 22.4. The van der Waals surface area contributed by atoms with Crippen LogP contribution in [-0.4, -0.2) is 22.2 Å². The molecule has 0 saturated heterocycles. The van der Waals surface area contributed by atoms with Gasteiger partial charge in [0.25, 0.3) is 11.6 Å². The van der Waals surface area contributed by atoms with E-state index in [4.69, 9.17) is 10.9 Å². The summed E-state index contributed by atoms with van der Waals surface area (Å²) in [6.07, 6.45) is 0.773. The van der Waals surface area contributed by atoms with Gasteiger partial charge in [-0.3, -0.25) is 20.1 Å². The first kappa shape index (κ1) is 22.4. The molecule has 1 aliphatic carbocycles. The molecule has 8 nitrogen and oxygen atoms in total. The molecule has 1 unspecified atom stereocenters. The number of hydroxylamine groups is 1. The van der Waals surface area contributed by atoms with Crippen LogP contribution in [0.15, 0.2) is 67.3 Å². The van der Waals surface area contributed by atoms with E-state index in [0.717, 1.165) is 35.2 Å². The lowest BCUT2D eigenvalue weighted by Gasteiger charge is -2.16. The molecule has 1 fully saturated rings. The molecule has 30 heavy (non-hydrogen) atoms. The molecule has 2 aromatic carbocycles. The second-order valence-electron chi connectivity index (χ2n) is 6.21. The fraction of sp³-hybridized carbons (Fsp3) is 0.136. The minimum atomic E-state index is -1.07. The fourth-order valence-electron chi connectivity index (χ4n) is 2.55. The molecule has 0 aromatic heterocycles. The summed E-state index contributed by atoms with van der Waals surface area (Å²) in [4.78, 5) is 21.8. The van der Waals surface area contributed by atoms with E-state index in [1.54, 1.807) is 12.1 Å². The predicted octanol–water partition coefficient (Wildman–Crippen LogP) is 2.68. The number of nitro benzene ring substituents is 1. The molecule has 2 aromatic rings. The van der Waals surface area contributed by atoms with Crippen molar-refractivity contribution in [1.29, 1.82) is 0 Å². The lowest BCUT2D eigenvalue weighted by atomic mass is 10.1. The van der Waals surface area contributed by atoms with Crippen molar-refractivity contribution in [3.8, 4) is 11.8 Å². The minimum absolute atomic E-state index is 0.00261. The average molecular weight is 406 g/mol. The molecule has 0 spiro atoms. The van der Waals surface area contributed by atoms with Crippen LogP contribution in [-0.2, 0) is 4.79 Å². The normalized spacial score (nSPS) is 12.3. The van der Waals surface area contributed by atoms with E-state index in [-0.39, 0.29) is 5.69 Å². The molecule has 0 bridgehead atoms. The molecule has 154 valence electrons. The summed E-state index contributed by atoms with van der Waals surface area (Å²) in [5.41, 5.74) is 11.3. The van der Waals surface area contributed by atoms with E-state index in [1.807, 2.05) is 24.3 Å². The van der Waals surface area contributed by atoms with Crippen molar-refractivity contribution in [1.82, 2.24) is 10.8 Å². The molecule has 0 aliphatic heterocycles. The van der Waals surface area contributed by atoms with E-state index in [0.29, 0.717) is 5.56 Å². The van der Waals surface area contributed by atoms with Gasteiger partial charge in [0, 0.05) is 29.0 Å². The Bertz CT molecular complexity index is 1010. The third kappa shape index (κ3) is 6.04. The van der Waals surface area contributed by atoms with Gasteiger partial charge in [-0.1, -0.05) is 30.0 Å². The van der Waals surface area contributed by atoms with Gasteiger partial charge in [-0.15, -0.1) is 13.2 Å². The number of benzene rings is 2. The van der Waals surface area contributed by atoms with Crippen molar-refractivity contribution in [2.75, 3.05) is 0 Å². The Balaban J connectivity index is 0.00000155. The zero-order valence-corrected chi connectivity index (χ0v) is 16.2. The first-order valence-electron chi connectivity index (χ1n) is 9.03. The van der Waals surface area contributed by atoms with Crippen molar-refractivity contribution in [3.05, 3.63) is 94.1 Å². The Hall–Kier alpha value is -3.93. The Morgan fingerprint density at radius 3 is 2.33 bits per heavy atom. The quantitative estimate of drug-likeness (QED) is 0.151. The first-order valence-corrected chi connectivity index (χ1v) is 9.03. The lowest BCUT2D eigenvalue weighted by molar-refractivity contribution is -0.384. The van der Waals surface area contributed by atoms with Crippen molar-refractivity contribution < 1.29 is 14.9 Å². The van der Waals surface area contributed by atoms with Crippen LogP contribution < -0.4 is 16.5 Å². The van der Waals surface area contributed by atoms with Gasteiger partial charge in [-0.05, 0) is 42.2 Å². The maximum absolute atomic E-state index is 11.4. The van der Waals surface area contributed by atoms with Gasteiger partial charge in [-0.25, -0.2) is 5.48 Å². The van der Waals surface area contributed by atoms with Gasteiger partial charge in [0.15, 0.2) is 6.17 Å². The summed E-state index contributed by atoms with van der Waals surface area (Å²) in [6, 6.07) is 13.5. The number of hydrogen-bond acceptors (Lipinski definition) is 6. The number of amides is 1. The molecule has 5 N–H and O–H groups in total. The van der Waals surface area contributed by atoms with Crippen LogP contribution in [0.1, 0.15) is 29.5 Å². The van der Waals surface area contributed by atoms with Crippen molar-refractivity contribution >= 4 is 17.3 Å². The highest BCUT2D eigenvalue weighted by Crippen LogP contribution is 2.35. The number of carbonyl (C=O) groups excluding carboxylic acids is 1. The zero-order chi connectivity index (χ0) is 22.1. The number of nitrogens with zero attached hydrogens (tertiary/aromatic N) is 1. The van der Waals surface area contributed by atoms with Crippen LogP contribution in [0.25, 0.3) is 5.70 Å². The van der Waals surface area contributed by atoms with Gasteiger partial charge < -0.3 is 11.1 Å². The zero-order valence-electron chi connectivity index (χ0n) is 16.2. The topological polar surface area (TPSA) is 131 Å². The molecule has 1 amide bonds. The summed E-state index contributed by atoms with van der Waals surface area (Å²) in [7, 11) is 0. The third-order valence-electron chi connectivity index (χ3n) is 4.13. The monoisotopic (exact) mass is 406 g/mol. The first-order chi connectivity index (χ1) is 14.5. The maximum atomic E-state index is 11.4. The molecule has 0 radical (unpaired) electrons. The maximum Gasteiger partial charge on any atom is 0.280 e. The molecular weight excluding hydrogens is 384 g/mol. The molecule has 1 saturated carbocycles. The smallest absolute Gasteiger partial charge is 0.280 e. The van der Waals surface area contributed by atoms with Gasteiger partial charge in [0.2, 0.25) is 0 Å². The van der Waals surface area contributed by atoms with Crippen molar-refractivity contribution in [2.45, 2.75) is 19.0 Å². The number of nitrogens with one attached hydrogen (secondary N) is 2. The summed E-state index contributed by atoms with van der Waals surface area (Å²) in [5.74, 6) is 5.16. The fourth-order valence-corrected chi connectivity index (χ4v) is 2.55. The van der Waals surface area contributed by atoms with E-state index < -0.39 is 17.0 Å². The molecule has 3 rings (SSSR count). The number of non-ortho nitro benzene ring substituents is 1. The van der Waals surface area contributed by atoms with Crippen molar-refractivity contribution in [2.24, 2.45) is 5.73 Å². The summed E-state index contributed by atoms with van der Waals surface area (Å²) in [6.45, 7) is 6.00. The standard InChI is InChI=1S/C20H18N4O4.C2H4/c21-19(20(25)23-26)22-18(16-10-11-16)15-8-6-13(7-9-15)4-5-14-2-1-3-17(12-14)24(27)28;1-2/h1-3,6-9,12,19,22,26H,10-11,21H2,(H,23,25);1-2H2. The lowest BCUT2D eigenvalue weighted by Crippen LogP contribution is -2.48. The Morgan fingerprint density at radius 2 is 1.77 bits per heavy atom. The van der Waals surface area contributed by atoms with Crippen LogP contribution in [0.5, 0.6) is 0 Å². The van der Waals surface area contributed by atoms with Gasteiger partial charge >= 0.3 is 0 Å². The Morgan fingerprint density at radius 1 is 1.13 bits per heavy atom. The number of rotatable bonds is 5. The van der Waals surface area contributed by atoms with Gasteiger partial charge in [0.1, 0.15) is 0 Å². The minimum Gasteiger partial charge on any atom is -0.362 e. The van der Waals surface area contributed by atoms with E-state index in [1.165, 1.54) is 17.6 Å². The Labute approximate surface area is 174 Å². The van der Waals surface area contributed by atoms with E-state index in [2.05, 4.69) is 30.3 Å². The van der Waals surface area contributed by atoms with Crippen LogP contribution in [0, 0.1) is 22.0 Å². The molecule has 1 aliphatic rings. The summed E-state index contributed by atoms with van der Waals surface area (Å²) < 4.78 is 0. The van der Waals surface area contributed by atoms with E-state index in [9.17, 15) is 14.9 Å². The number of nitrogens with two attached hydrogens (primary N) is 1. The molecule has 0 heterocycles. The van der Waals surface area contributed by atoms with Gasteiger partial charge in [-0.2, -0.15) is 0 Å². The molecule has 8 heteroatoms. The van der Waals surface area contributed by atoms with Crippen LogP contribution in [0.3, 0.4) is 0 Å². The van der Waals surface area contributed by atoms with Gasteiger partial charge in [0.05, 0.1) is 4.92 Å². The Kier molecular flexibility index (Phi) is 7.88. The summed E-state index contributed by atoms with van der Waals surface area (Å²) >= 11 is 0. The highest BCUT2D eigenvalue weighted by atomic mass is 16.6. The third-order valence-corrected chi connectivity index (χ3v) is 4.13. The van der Waals surface area contributed by atoms with Crippen LogP contribution >= 0.6 is 0 Å². The second-order valence-corrected chi connectivity index (χ2v) is 6.21. The van der Waals surface area contributed by atoms with Crippen LogP contribution in [0.2, 0.25) is 0 Å². The highest BCUT2D eigenvalue weighted by Gasteiger charge is 2.22. The number of carbonyl (C=O) groups is 1. The van der Waals surface area contributed by atoms with E-state index >= 15 is 0 Å². The number of hydrogen-bond donors (Lipinski definition) is 4. The number of nitro groups is 1. The predicted molar refractivity (Wildman–Crippen MR) is 114 cm³/mol. The van der Waals surface area contributed by atoms with Crippen molar-refractivity contribution in [3.63, 3.8) is 0 Å². The number of allylic oxidation sites excluding steroid dienone is 1. The molecular formula is C22H22N4O4. The largest absolute Gasteiger partial charge is 0.362 e. The van der Waals surface area contributed by atoms with Crippen LogP contribution in [0.4, 0.5) is 5.69 Å². The SMILES string of the molecule is C=C.NC(NC(=C1CC1)c1ccc(C#Cc2cccc([N+](=O)[O-])c2)cc1)C(=O)NO.